The number of aliphatic imine (C=N–C) groups is 1. The molecule has 0 aliphatic heterocycles. The number of carbonyl (C=O) groups is 1. The molecule has 0 bridgehead atoms. The maximum absolute atomic E-state index is 12.2. The molecule has 7 N–H and O–H groups in total. The molecule has 1 amide bonds. The zero-order valence-electron chi connectivity index (χ0n) is 16.8. The van der Waals surface area contributed by atoms with E-state index in [0.29, 0.717) is 36.8 Å². The Morgan fingerprint density at radius 3 is 3.00 bits per heavy atom. The summed E-state index contributed by atoms with van der Waals surface area (Å²) in [5, 5.41) is 13.6. The summed E-state index contributed by atoms with van der Waals surface area (Å²) in [5.41, 5.74) is 12.5. The highest BCUT2D eigenvalue weighted by atomic mass is 32.2. The first-order chi connectivity index (χ1) is 14.5. The monoisotopic (exact) mass is 453 g/mol. The zero-order chi connectivity index (χ0) is 21.8. The number of amides is 1. The first-order valence-electron chi connectivity index (χ1n) is 9.35. The molecule has 13 heteroatoms. The van der Waals surface area contributed by atoms with Gasteiger partial charge in [0.15, 0.2) is 5.96 Å². The average Bonchev–Trinajstić information content (AvgIpc) is 3.36. The van der Waals surface area contributed by atoms with E-state index in [-0.39, 0.29) is 18.5 Å². The van der Waals surface area contributed by atoms with E-state index in [9.17, 15) is 4.79 Å². The largest absolute Gasteiger partial charge is 0.449 e. The van der Waals surface area contributed by atoms with Crippen molar-refractivity contribution in [3.05, 3.63) is 29.3 Å². The Bertz CT molecular complexity index is 819. The summed E-state index contributed by atoms with van der Waals surface area (Å²) in [6, 6.07) is 0. The third kappa shape index (κ3) is 8.29. The SMILES string of the molecule is CCOC(=O)N(CCCc1c[nH]cn1)C(=N)NCCSCc1csc(N=C(N)N)n1. The summed E-state index contributed by atoms with van der Waals surface area (Å²) in [7, 11) is 0. The number of guanidine groups is 2. The van der Waals surface area contributed by atoms with Crippen LogP contribution in [0.15, 0.2) is 22.9 Å². The molecule has 0 radical (unpaired) electrons. The van der Waals surface area contributed by atoms with Crippen molar-refractivity contribution in [1.82, 2.24) is 25.2 Å². The maximum Gasteiger partial charge on any atom is 0.416 e. The summed E-state index contributed by atoms with van der Waals surface area (Å²) in [4.78, 5) is 28.8. The van der Waals surface area contributed by atoms with Crippen LogP contribution in [0.4, 0.5) is 9.93 Å². The van der Waals surface area contributed by atoms with Gasteiger partial charge in [-0.25, -0.2) is 19.7 Å². The molecule has 0 spiro atoms. The van der Waals surface area contributed by atoms with Crippen LogP contribution in [0.25, 0.3) is 0 Å². The molecule has 30 heavy (non-hydrogen) atoms. The maximum atomic E-state index is 12.2. The van der Waals surface area contributed by atoms with E-state index in [1.54, 1.807) is 25.0 Å². The van der Waals surface area contributed by atoms with Crippen molar-refractivity contribution in [3.63, 3.8) is 0 Å². The molecular formula is C17H27N9O2S2. The lowest BCUT2D eigenvalue weighted by molar-refractivity contribution is 0.126. The Morgan fingerprint density at radius 1 is 1.47 bits per heavy atom. The fourth-order valence-electron chi connectivity index (χ4n) is 2.38. The highest BCUT2D eigenvalue weighted by molar-refractivity contribution is 7.98. The van der Waals surface area contributed by atoms with Gasteiger partial charge in [0.1, 0.15) is 0 Å². The average molecular weight is 454 g/mol. The molecule has 2 rings (SSSR count). The van der Waals surface area contributed by atoms with E-state index in [0.717, 1.165) is 17.1 Å². The number of nitrogens with one attached hydrogen (secondary N) is 3. The quantitative estimate of drug-likeness (QED) is 0.194. The Hall–Kier alpha value is -2.80. The predicted octanol–water partition coefficient (Wildman–Crippen LogP) is 1.62. The Morgan fingerprint density at radius 2 is 2.30 bits per heavy atom. The number of nitrogens with two attached hydrogens (primary N) is 2. The number of rotatable bonds is 11. The van der Waals surface area contributed by atoms with Gasteiger partial charge in [-0.15, -0.1) is 11.3 Å². The molecule has 0 saturated heterocycles. The number of nitrogens with zero attached hydrogens (tertiary/aromatic N) is 4. The fourth-order valence-corrected chi connectivity index (χ4v) is 3.94. The van der Waals surface area contributed by atoms with Crippen molar-refractivity contribution in [2.45, 2.75) is 25.5 Å². The van der Waals surface area contributed by atoms with Crippen LogP contribution in [-0.2, 0) is 16.9 Å². The minimum atomic E-state index is -0.528. The molecule has 0 unspecified atom stereocenters. The van der Waals surface area contributed by atoms with Crippen LogP contribution in [-0.4, -0.2) is 63.3 Å². The van der Waals surface area contributed by atoms with Crippen LogP contribution in [0.1, 0.15) is 24.7 Å². The third-order valence-electron chi connectivity index (χ3n) is 3.68. The van der Waals surface area contributed by atoms with E-state index in [1.165, 1.54) is 16.2 Å². The van der Waals surface area contributed by atoms with Crippen LogP contribution < -0.4 is 16.8 Å². The fraction of sp³-hybridized carbons (Fsp3) is 0.471. The number of aromatic nitrogens is 3. The standard InChI is InChI=1S/C17H27N9O2S2/c1-2-28-17(27)26(6-3-4-12-8-21-11-23-12)15(20)22-5-7-29-9-13-10-30-16(24-13)25-14(18)19/h8,10-11H,2-7,9H2,1H3,(H2,20,22)(H,21,23)(H4,18,19,24,25). The molecule has 0 atom stereocenters. The van der Waals surface area contributed by atoms with Gasteiger partial charge in [-0.3, -0.25) is 5.41 Å². The molecule has 2 heterocycles. The number of aryl methyl sites for hydroxylation is 1. The van der Waals surface area contributed by atoms with Crippen molar-refractivity contribution in [2.24, 2.45) is 16.5 Å². The first-order valence-corrected chi connectivity index (χ1v) is 11.4. The van der Waals surface area contributed by atoms with E-state index in [4.69, 9.17) is 21.6 Å². The summed E-state index contributed by atoms with van der Waals surface area (Å²) in [6.07, 6.45) is 4.28. The number of H-pyrrole nitrogens is 1. The second-order valence-electron chi connectivity index (χ2n) is 6.00. The van der Waals surface area contributed by atoms with Gasteiger partial charge in [-0.05, 0) is 19.8 Å². The number of hydrogen-bond donors (Lipinski definition) is 5. The Balaban J connectivity index is 1.72. The molecule has 0 saturated carbocycles. The summed E-state index contributed by atoms with van der Waals surface area (Å²) in [5.74, 6) is 1.46. The third-order valence-corrected chi connectivity index (χ3v) is 5.46. The molecular weight excluding hydrogens is 426 g/mol. The molecule has 2 aromatic heterocycles. The molecule has 164 valence electrons. The molecule has 0 aliphatic rings. The van der Waals surface area contributed by atoms with Crippen LogP contribution >= 0.6 is 23.1 Å². The highest BCUT2D eigenvalue weighted by Crippen LogP contribution is 2.21. The second-order valence-corrected chi connectivity index (χ2v) is 7.94. The molecule has 11 nitrogen and oxygen atoms in total. The normalized spacial score (nSPS) is 10.4. The highest BCUT2D eigenvalue weighted by Gasteiger charge is 2.19. The number of aromatic amines is 1. The number of thiazole rings is 1. The van der Waals surface area contributed by atoms with E-state index in [1.807, 2.05) is 11.6 Å². The number of imidazole rings is 1. The minimum Gasteiger partial charge on any atom is -0.449 e. The van der Waals surface area contributed by atoms with E-state index >= 15 is 0 Å². The van der Waals surface area contributed by atoms with Gasteiger partial charge >= 0.3 is 6.09 Å². The molecule has 2 aromatic rings. The molecule has 0 aromatic carbocycles. The van der Waals surface area contributed by atoms with E-state index < -0.39 is 6.09 Å². The van der Waals surface area contributed by atoms with Crippen LogP contribution in [0.5, 0.6) is 0 Å². The van der Waals surface area contributed by atoms with Gasteiger partial charge in [-0.1, -0.05) is 0 Å². The lowest BCUT2D eigenvalue weighted by atomic mass is 10.2. The zero-order valence-corrected chi connectivity index (χ0v) is 18.4. The van der Waals surface area contributed by atoms with Crippen molar-refractivity contribution in [2.75, 3.05) is 25.4 Å². The topological polar surface area (TPSA) is 171 Å². The van der Waals surface area contributed by atoms with Crippen LogP contribution in [0, 0.1) is 5.41 Å². The summed E-state index contributed by atoms with van der Waals surface area (Å²) in [6.45, 7) is 2.90. The molecule has 0 fully saturated rings. The van der Waals surface area contributed by atoms with Crippen molar-refractivity contribution in [3.8, 4) is 0 Å². The van der Waals surface area contributed by atoms with Gasteiger partial charge in [0.2, 0.25) is 11.1 Å². The number of hydrogen-bond acceptors (Lipinski definition) is 8. The van der Waals surface area contributed by atoms with Crippen molar-refractivity contribution >= 4 is 46.2 Å². The number of ether oxygens (including phenoxy) is 1. The van der Waals surface area contributed by atoms with Crippen molar-refractivity contribution in [1.29, 1.82) is 5.41 Å². The predicted molar refractivity (Wildman–Crippen MR) is 120 cm³/mol. The second kappa shape index (κ2) is 12.7. The van der Waals surface area contributed by atoms with Gasteiger partial charge < -0.3 is 26.5 Å². The Labute approximate surface area is 183 Å². The summed E-state index contributed by atoms with van der Waals surface area (Å²) >= 11 is 3.03. The smallest absolute Gasteiger partial charge is 0.416 e. The van der Waals surface area contributed by atoms with Crippen molar-refractivity contribution < 1.29 is 9.53 Å². The lowest BCUT2D eigenvalue weighted by Gasteiger charge is -2.22. The van der Waals surface area contributed by atoms with Crippen LogP contribution in [0.3, 0.4) is 0 Å². The number of carbonyl (C=O) groups excluding carboxylic acids is 1. The lowest BCUT2D eigenvalue weighted by Crippen LogP contribution is -2.45. The van der Waals surface area contributed by atoms with E-state index in [2.05, 4.69) is 25.3 Å². The van der Waals surface area contributed by atoms with Gasteiger partial charge in [0, 0.05) is 36.2 Å². The summed E-state index contributed by atoms with van der Waals surface area (Å²) < 4.78 is 5.07. The minimum absolute atomic E-state index is 0.0122. The number of thioether (sulfide) groups is 1. The van der Waals surface area contributed by atoms with Crippen LogP contribution in [0.2, 0.25) is 0 Å². The molecule has 0 aliphatic carbocycles. The Kier molecular flexibility index (Phi) is 9.94. The van der Waals surface area contributed by atoms with Gasteiger partial charge in [0.25, 0.3) is 0 Å². The van der Waals surface area contributed by atoms with Gasteiger partial charge in [0.05, 0.1) is 24.3 Å². The first kappa shape index (κ1) is 23.5. The van der Waals surface area contributed by atoms with Gasteiger partial charge in [-0.2, -0.15) is 16.8 Å².